The van der Waals surface area contributed by atoms with Crippen LogP contribution in [0, 0.1) is 5.41 Å². The Hall–Kier alpha value is -4.10. The number of aryl methyl sites for hydroxylation is 1. The monoisotopic (exact) mass is 505 g/mol. The van der Waals surface area contributed by atoms with E-state index in [0.717, 1.165) is 16.7 Å². The zero-order valence-corrected chi connectivity index (χ0v) is 20.9. The van der Waals surface area contributed by atoms with Crippen LogP contribution in [0.2, 0.25) is 0 Å². The van der Waals surface area contributed by atoms with Crippen molar-refractivity contribution in [2.24, 2.45) is 5.73 Å². The van der Waals surface area contributed by atoms with E-state index in [4.69, 9.17) is 20.6 Å². The Morgan fingerprint density at radius 2 is 1.61 bits per heavy atom. The molecule has 0 spiro atoms. The van der Waals surface area contributed by atoms with Crippen molar-refractivity contribution in [3.05, 3.63) is 107 Å². The Kier molecular flexibility index (Phi) is 8.51. The molecule has 1 heterocycles. The van der Waals surface area contributed by atoms with Crippen molar-refractivity contribution in [1.82, 2.24) is 0 Å². The van der Waals surface area contributed by atoms with Crippen molar-refractivity contribution >= 4 is 41.4 Å². The van der Waals surface area contributed by atoms with Crippen molar-refractivity contribution in [2.75, 3.05) is 19.1 Å². The molecule has 1 aliphatic heterocycles. The van der Waals surface area contributed by atoms with Gasteiger partial charge in [0.05, 0.1) is 19.8 Å². The maximum atomic E-state index is 13.9. The number of anilines is 1. The summed E-state index contributed by atoms with van der Waals surface area (Å²) in [6, 6.07) is 23.9. The van der Waals surface area contributed by atoms with E-state index in [1.165, 1.54) is 7.11 Å². The van der Waals surface area contributed by atoms with E-state index in [1.54, 1.807) is 36.3 Å². The Bertz CT molecular complexity index is 1270. The molecule has 0 radical (unpaired) electrons. The second-order valence-electron chi connectivity index (χ2n) is 8.17. The largest absolute Gasteiger partial charge is 0.498 e. The quantitative estimate of drug-likeness (QED) is 0.263. The lowest BCUT2D eigenvalue weighted by Crippen LogP contribution is -2.30. The van der Waals surface area contributed by atoms with Crippen LogP contribution in [0.3, 0.4) is 0 Å². The third-order valence-corrected chi connectivity index (χ3v) is 6.07. The van der Waals surface area contributed by atoms with Gasteiger partial charge in [0, 0.05) is 17.7 Å². The van der Waals surface area contributed by atoms with E-state index >= 15 is 0 Å². The lowest BCUT2D eigenvalue weighted by molar-refractivity contribution is -0.140. The number of hydrogen-bond donors (Lipinski definition) is 2. The summed E-state index contributed by atoms with van der Waals surface area (Å²) in [5.74, 6) is 0.0712. The van der Waals surface area contributed by atoms with Gasteiger partial charge in [-0.1, -0.05) is 54.6 Å². The van der Waals surface area contributed by atoms with E-state index < -0.39 is 6.04 Å². The first-order valence-electron chi connectivity index (χ1n) is 11.2. The molecule has 8 heteroatoms. The SMILES string of the molecule is COC(=O)CCc1ccc(C2=C(OC)C(c3ccccc3)N(c3ccc(C(=N)N)cc3)C2=O)cc1.Cl. The highest BCUT2D eigenvalue weighted by Gasteiger charge is 2.42. The number of amidine groups is 1. The highest BCUT2D eigenvalue weighted by Crippen LogP contribution is 2.44. The normalized spacial score (nSPS) is 14.9. The standard InChI is InChI=1S/C28H27N3O4.ClH/c1-34-23(32)17-10-18-8-11-19(12-9-18)24-26(35-2)25(20-6-4-3-5-7-20)31(28(24)33)22-15-13-21(14-16-22)27(29)30;/h3-9,11-16,25H,10,17H2,1-2H3,(H3,29,30);1H. The maximum Gasteiger partial charge on any atom is 0.305 e. The van der Waals surface area contributed by atoms with Crippen molar-refractivity contribution in [1.29, 1.82) is 5.41 Å². The van der Waals surface area contributed by atoms with E-state index in [1.807, 2.05) is 54.6 Å². The lowest BCUT2D eigenvalue weighted by Gasteiger charge is -2.27. The summed E-state index contributed by atoms with van der Waals surface area (Å²) in [5.41, 5.74) is 9.97. The van der Waals surface area contributed by atoms with Crippen LogP contribution in [0.5, 0.6) is 0 Å². The number of carbonyl (C=O) groups excluding carboxylic acids is 2. The molecule has 3 aromatic rings. The van der Waals surface area contributed by atoms with Gasteiger partial charge < -0.3 is 15.2 Å². The van der Waals surface area contributed by atoms with Crippen molar-refractivity contribution in [3.8, 4) is 0 Å². The second-order valence-corrected chi connectivity index (χ2v) is 8.17. The molecule has 0 saturated carbocycles. The lowest BCUT2D eigenvalue weighted by atomic mass is 9.99. The molecular formula is C28H28ClN3O4. The van der Waals surface area contributed by atoms with Gasteiger partial charge in [0.2, 0.25) is 0 Å². The summed E-state index contributed by atoms with van der Waals surface area (Å²) in [5, 5.41) is 7.66. The van der Waals surface area contributed by atoms with Gasteiger partial charge >= 0.3 is 5.97 Å². The van der Waals surface area contributed by atoms with Crippen molar-refractivity contribution in [3.63, 3.8) is 0 Å². The van der Waals surface area contributed by atoms with Crippen LogP contribution in [0.25, 0.3) is 5.57 Å². The minimum absolute atomic E-state index is 0. The van der Waals surface area contributed by atoms with Gasteiger partial charge in [-0.05, 0) is 47.4 Å². The molecule has 1 atom stereocenters. The van der Waals surface area contributed by atoms with Crippen molar-refractivity contribution < 1.29 is 19.1 Å². The number of nitrogens with two attached hydrogens (primary N) is 1. The smallest absolute Gasteiger partial charge is 0.305 e. The number of benzene rings is 3. The molecule has 3 N–H and O–H groups in total. The molecule has 0 bridgehead atoms. The van der Waals surface area contributed by atoms with Gasteiger partial charge in [-0.25, -0.2) is 0 Å². The van der Waals surface area contributed by atoms with E-state index in [2.05, 4.69) is 0 Å². The fourth-order valence-corrected chi connectivity index (χ4v) is 4.27. The third kappa shape index (κ3) is 5.26. The summed E-state index contributed by atoms with van der Waals surface area (Å²) in [4.78, 5) is 27.1. The zero-order chi connectivity index (χ0) is 24.9. The highest BCUT2D eigenvalue weighted by molar-refractivity contribution is 6.30. The van der Waals surface area contributed by atoms with Crippen LogP contribution >= 0.6 is 12.4 Å². The molecule has 0 aromatic heterocycles. The van der Waals surface area contributed by atoms with E-state index in [-0.39, 0.29) is 30.1 Å². The van der Waals surface area contributed by atoms with Gasteiger partial charge in [0.1, 0.15) is 17.6 Å². The molecule has 0 aliphatic carbocycles. The number of nitrogens with one attached hydrogen (secondary N) is 1. The van der Waals surface area contributed by atoms with E-state index in [0.29, 0.717) is 35.4 Å². The van der Waals surface area contributed by atoms with Crippen LogP contribution in [0.1, 0.15) is 34.7 Å². The number of ether oxygens (including phenoxy) is 2. The predicted molar refractivity (Wildman–Crippen MR) is 142 cm³/mol. The molecule has 1 unspecified atom stereocenters. The summed E-state index contributed by atoms with van der Waals surface area (Å²) in [6.45, 7) is 0. The number of carbonyl (C=O) groups is 2. The molecule has 186 valence electrons. The second kappa shape index (κ2) is 11.6. The van der Waals surface area contributed by atoms with Gasteiger partial charge in [-0.3, -0.25) is 19.9 Å². The average molecular weight is 506 g/mol. The Morgan fingerprint density at radius 3 is 2.17 bits per heavy atom. The van der Waals surface area contributed by atoms with Crippen LogP contribution in [-0.2, 0) is 25.5 Å². The Labute approximate surface area is 216 Å². The fourth-order valence-electron chi connectivity index (χ4n) is 4.27. The van der Waals surface area contributed by atoms with Crippen LogP contribution in [0.4, 0.5) is 5.69 Å². The van der Waals surface area contributed by atoms with Crippen LogP contribution < -0.4 is 10.6 Å². The minimum Gasteiger partial charge on any atom is -0.498 e. The zero-order valence-electron chi connectivity index (χ0n) is 20.1. The molecule has 4 rings (SSSR count). The molecule has 1 amide bonds. The van der Waals surface area contributed by atoms with Gasteiger partial charge in [-0.15, -0.1) is 12.4 Å². The van der Waals surface area contributed by atoms with Crippen molar-refractivity contribution in [2.45, 2.75) is 18.9 Å². The van der Waals surface area contributed by atoms with Gasteiger partial charge in [0.25, 0.3) is 5.91 Å². The number of esters is 1. The number of amides is 1. The predicted octanol–water partition coefficient (Wildman–Crippen LogP) is 4.64. The summed E-state index contributed by atoms with van der Waals surface area (Å²) in [6.07, 6.45) is 0.846. The first kappa shape index (κ1) is 26.5. The number of nitrogen functional groups attached to an aromatic ring is 1. The van der Waals surface area contributed by atoms with Gasteiger partial charge in [-0.2, -0.15) is 0 Å². The maximum absolute atomic E-state index is 13.9. The molecule has 0 saturated heterocycles. The topological polar surface area (TPSA) is 106 Å². The fraction of sp³-hybridized carbons (Fsp3) is 0.179. The highest BCUT2D eigenvalue weighted by atomic mass is 35.5. The summed E-state index contributed by atoms with van der Waals surface area (Å²) in [7, 11) is 2.95. The van der Waals surface area contributed by atoms with Gasteiger partial charge in [0.15, 0.2) is 0 Å². The van der Waals surface area contributed by atoms with Crippen LogP contribution in [-0.4, -0.2) is 31.9 Å². The molecule has 3 aromatic carbocycles. The minimum atomic E-state index is -0.453. The number of hydrogen-bond acceptors (Lipinski definition) is 5. The third-order valence-electron chi connectivity index (χ3n) is 6.07. The number of nitrogens with zero attached hydrogens (tertiary/aromatic N) is 1. The number of methoxy groups -OCH3 is 2. The summed E-state index contributed by atoms with van der Waals surface area (Å²) < 4.78 is 10.6. The first-order valence-corrected chi connectivity index (χ1v) is 11.2. The molecule has 1 aliphatic rings. The van der Waals surface area contributed by atoms with Crippen LogP contribution in [0.15, 0.2) is 84.6 Å². The number of rotatable bonds is 8. The molecule has 0 fully saturated rings. The first-order chi connectivity index (χ1) is 16.9. The molecular weight excluding hydrogens is 478 g/mol. The number of halogens is 1. The Morgan fingerprint density at radius 1 is 0.972 bits per heavy atom. The van der Waals surface area contributed by atoms with E-state index in [9.17, 15) is 9.59 Å². The average Bonchev–Trinajstić information content (AvgIpc) is 3.19. The summed E-state index contributed by atoms with van der Waals surface area (Å²) >= 11 is 0. The Balaban J connectivity index is 0.00000361. The molecule has 36 heavy (non-hydrogen) atoms. The molecule has 7 nitrogen and oxygen atoms in total.